The van der Waals surface area contributed by atoms with Gasteiger partial charge in [-0.2, -0.15) is 0 Å². The van der Waals surface area contributed by atoms with Crippen molar-refractivity contribution in [2.75, 3.05) is 0 Å². The van der Waals surface area contributed by atoms with E-state index in [1.807, 2.05) is 24.3 Å². The zero-order valence-corrected chi connectivity index (χ0v) is 35.7. The fraction of sp³-hybridized carbons (Fsp3) is 0.0656. The molecular formula is C61H43N3. The van der Waals surface area contributed by atoms with Crippen molar-refractivity contribution in [3.63, 3.8) is 0 Å². The zero-order chi connectivity index (χ0) is 42.8. The minimum atomic E-state index is -0.576. The van der Waals surface area contributed by atoms with Crippen LogP contribution in [0.2, 0.25) is 0 Å². The molecule has 12 rings (SSSR count). The lowest BCUT2D eigenvalue weighted by molar-refractivity contribution is 0.660. The molecule has 0 saturated carbocycles. The van der Waals surface area contributed by atoms with Gasteiger partial charge in [0.2, 0.25) is 0 Å². The fourth-order valence-electron chi connectivity index (χ4n) is 10.6. The Kier molecular flexibility index (Phi) is 8.74. The van der Waals surface area contributed by atoms with Gasteiger partial charge in [0.05, 0.1) is 5.41 Å². The van der Waals surface area contributed by atoms with Gasteiger partial charge in [-0.1, -0.05) is 220 Å². The summed E-state index contributed by atoms with van der Waals surface area (Å²) >= 11 is 0. The molecular weight excluding hydrogens is 775 g/mol. The molecule has 0 spiro atoms. The van der Waals surface area contributed by atoms with Crippen LogP contribution in [0.1, 0.15) is 47.2 Å². The van der Waals surface area contributed by atoms with Gasteiger partial charge in [0, 0.05) is 22.1 Å². The molecule has 3 heteroatoms. The lowest BCUT2D eigenvalue weighted by atomic mass is 9.67. The van der Waals surface area contributed by atoms with Crippen LogP contribution in [0.15, 0.2) is 224 Å². The van der Waals surface area contributed by atoms with E-state index < -0.39 is 5.41 Å². The lowest BCUT2D eigenvalue weighted by Crippen LogP contribution is -2.28. The fourth-order valence-corrected chi connectivity index (χ4v) is 10.6. The summed E-state index contributed by atoms with van der Waals surface area (Å²) in [5.41, 5.74) is 19.2. The normalized spacial score (nSPS) is 13.7. The number of fused-ring (bicyclic) bond motifs is 6. The summed E-state index contributed by atoms with van der Waals surface area (Å²) in [5.74, 6) is 1.89. The smallest absolute Gasteiger partial charge is 0.164 e. The highest BCUT2D eigenvalue weighted by molar-refractivity contribution is 5.95. The van der Waals surface area contributed by atoms with Gasteiger partial charge >= 0.3 is 0 Å². The molecule has 0 aliphatic heterocycles. The monoisotopic (exact) mass is 817 g/mol. The van der Waals surface area contributed by atoms with E-state index in [1.165, 1.54) is 61.2 Å². The molecule has 0 fully saturated rings. The van der Waals surface area contributed by atoms with E-state index in [2.05, 4.69) is 214 Å². The molecule has 3 nitrogen and oxygen atoms in total. The molecule has 0 bridgehead atoms. The number of hydrogen-bond donors (Lipinski definition) is 0. The van der Waals surface area contributed by atoms with Crippen LogP contribution >= 0.6 is 0 Å². The summed E-state index contributed by atoms with van der Waals surface area (Å²) in [5, 5.41) is 0. The Morgan fingerprint density at radius 3 is 1.31 bits per heavy atom. The molecule has 1 aromatic heterocycles. The minimum absolute atomic E-state index is 0.119. The number of aromatic nitrogens is 3. The van der Waals surface area contributed by atoms with Crippen molar-refractivity contribution >= 4 is 0 Å². The summed E-state index contributed by atoms with van der Waals surface area (Å²) in [7, 11) is 0. The van der Waals surface area contributed by atoms with E-state index >= 15 is 0 Å². The molecule has 10 aromatic rings. The summed E-state index contributed by atoms with van der Waals surface area (Å²) in [4.78, 5) is 16.0. The van der Waals surface area contributed by atoms with E-state index in [0.29, 0.717) is 17.5 Å². The van der Waals surface area contributed by atoms with Crippen molar-refractivity contribution in [3.8, 4) is 78.7 Å². The maximum atomic E-state index is 5.43. The van der Waals surface area contributed by atoms with E-state index in [0.717, 1.165) is 33.4 Å². The molecule has 0 atom stereocenters. The molecule has 0 N–H and O–H groups in total. The third-order valence-corrected chi connectivity index (χ3v) is 13.6. The van der Waals surface area contributed by atoms with Crippen LogP contribution in [0, 0.1) is 0 Å². The molecule has 0 amide bonds. The van der Waals surface area contributed by atoms with Gasteiger partial charge < -0.3 is 0 Å². The van der Waals surface area contributed by atoms with E-state index in [-0.39, 0.29) is 5.41 Å². The largest absolute Gasteiger partial charge is 0.208 e. The molecule has 0 saturated heterocycles. The highest BCUT2D eigenvalue weighted by Gasteiger charge is 2.47. The predicted molar refractivity (Wildman–Crippen MR) is 262 cm³/mol. The second-order valence-corrected chi connectivity index (χ2v) is 17.5. The molecule has 2 aliphatic rings. The molecule has 2 aliphatic carbocycles. The maximum absolute atomic E-state index is 5.43. The van der Waals surface area contributed by atoms with Crippen molar-refractivity contribution in [1.82, 2.24) is 15.0 Å². The Hall–Kier alpha value is -8.01. The van der Waals surface area contributed by atoms with E-state index in [4.69, 9.17) is 15.0 Å². The van der Waals surface area contributed by atoms with Crippen molar-refractivity contribution in [2.24, 2.45) is 0 Å². The van der Waals surface area contributed by atoms with Gasteiger partial charge in [0.25, 0.3) is 0 Å². The lowest BCUT2D eigenvalue weighted by Gasteiger charge is -2.34. The van der Waals surface area contributed by atoms with Crippen molar-refractivity contribution < 1.29 is 0 Å². The molecule has 64 heavy (non-hydrogen) atoms. The summed E-state index contributed by atoms with van der Waals surface area (Å²) < 4.78 is 0. The first-order chi connectivity index (χ1) is 31.5. The molecule has 1 heterocycles. The molecule has 9 aromatic carbocycles. The van der Waals surface area contributed by atoms with Crippen LogP contribution in [0.4, 0.5) is 0 Å². The van der Waals surface area contributed by atoms with Crippen LogP contribution in [-0.4, -0.2) is 15.0 Å². The first-order valence-corrected chi connectivity index (χ1v) is 22.1. The Morgan fingerprint density at radius 2 is 0.688 bits per heavy atom. The quantitative estimate of drug-likeness (QED) is 0.161. The van der Waals surface area contributed by atoms with Gasteiger partial charge in [0.15, 0.2) is 17.5 Å². The first kappa shape index (κ1) is 37.7. The summed E-state index contributed by atoms with van der Waals surface area (Å²) in [6.07, 6.45) is 0. The first-order valence-electron chi connectivity index (χ1n) is 22.1. The maximum Gasteiger partial charge on any atom is 0.164 e. The highest BCUT2D eigenvalue weighted by Crippen LogP contribution is 2.58. The molecule has 302 valence electrons. The number of nitrogens with zero attached hydrogens (tertiary/aromatic N) is 3. The zero-order valence-electron chi connectivity index (χ0n) is 35.7. The number of benzene rings is 9. The number of rotatable bonds is 7. The highest BCUT2D eigenvalue weighted by atomic mass is 15.0. The average Bonchev–Trinajstić information content (AvgIpc) is 3.79. The van der Waals surface area contributed by atoms with Crippen molar-refractivity contribution in [1.29, 1.82) is 0 Å². The van der Waals surface area contributed by atoms with Gasteiger partial charge in [-0.3, -0.25) is 0 Å². The molecule has 0 unspecified atom stereocenters. The minimum Gasteiger partial charge on any atom is -0.208 e. The Morgan fingerprint density at radius 1 is 0.266 bits per heavy atom. The van der Waals surface area contributed by atoms with Crippen LogP contribution < -0.4 is 0 Å². The van der Waals surface area contributed by atoms with E-state index in [9.17, 15) is 0 Å². The van der Waals surface area contributed by atoms with Crippen molar-refractivity contribution in [2.45, 2.75) is 24.7 Å². The van der Waals surface area contributed by atoms with Crippen LogP contribution in [0.25, 0.3) is 78.7 Å². The number of hydrogen-bond acceptors (Lipinski definition) is 3. The topological polar surface area (TPSA) is 38.7 Å². The van der Waals surface area contributed by atoms with Crippen molar-refractivity contribution in [3.05, 3.63) is 258 Å². The summed E-state index contributed by atoms with van der Waals surface area (Å²) in [6.45, 7) is 4.68. The Labute approximate surface area is 374 Å². The van der Waals surface area contributed by atoms with Gasteiger partial charge in [-0.25, -0.2) is 15.0 Å². The third kappa shape index (κ3) is 5.85. The Balaban J connectivity index is 1.16. The summed E-state index contributed by atoms with van der Waals surface area (Å²) in [6, 6.07) is 81.1. The van der Waals surface area contributed by atoms with Crippen LogP contribution in [-0.2, 0) is 10.8 Å². The van der Waals surface area contributed by atoms with E-state index in [1.54, 1.807) is 0 Å². The molecule has 0 radical (unpaired) electrons. The standard InChI is InChI=1S/C61H43N3/c1-60(2)53-29-17-15-27-47(53)50-37-44(35-36-54(50)60)49-39-56-51(48-28-16-18-30-55(48)61(56,45-23-11-5-12-24-45)46-25-13-6-14-26-46)38-52(49)59-63-57(42-21-9-4-10-22-42)62-58(64-59)43-33-31-41(32-34-43)40-19-7-3-8-20-40/h3-39H,1-2H3. The van der Waals surface area contributed by atoms with Gasteiger partial charge in [-0.05, 0) is 96.1 Å². The van der Waals surface area contributed by atoms with Gasteiger partial charge in [-0.15, -0.1) is 0 Å². The van der Waals surface area contributed by atoms with Crippen LogP contribution in [0.3, 0.4) is 0 Å². The predicted octanol–water partition coefficient (Wildman–Crippen LogP) is 14.9. The second-order valence-electron chi connectivity index (χ2n) is 17.5. The third-order valence-electron chi connectivity index (χ3n) is 13.6. The second kappa shape index (κ2) is 14.8. The van der Waals surface area contributed by atoms with Gasteiger partial charge in [0.1, 0.15) is 0 Å². The SMILES string of the molecule is CC1(C)c2ccccc2-c2cc(-c3cc4c(cc3-c3nc(-c5ccccc5)nc(-c5ccc(-c6ccccc6)cc5)n3)-c3ccccc3C4(c3ccccc3)c3ccccc3)ccc21. The Bertz CT molecular complexity index is 3340. The average molecular weight is 818 g/mol. The van der Waals surface area contributed by atoms with Crippen LogP contribution in [0.5, 0.6) is 0 Å².